The lowest BCUT2D eigenvalue weighted by Crippen LogP contribution is -2.30. The number of nitrogens with two attached hydrogens (primary N) is 1. The van der Waals surface area contributed by atoms with Crippen LogP contribution in [0.3, 0.4) is 0 Å². The van der Waals surface area contributed by atoms with Crippen molar-refractivity contribution in [3.63, 3.8) is 0 Å². The number of rotatable bonds is 5. The second-order valence-electron chi connectivity index (χ2n) is 5.58. The quantitative estimate of drug-likeness (QED) is 0.654. The molecule has 1 aromatic heterocycles. The highest BCUT2D eigenvalue weighted by Gasteiger charge is 2.16. The SMILES string of the molecule is CCc1nnc(C)cc1C(Cc1ccc(C)c(C)c1)NN. The third kappa shape index (κ3) is 3.65. The van der Waals surface area contributed by atoms with E-state index in [1.165, 1.54) is 16.7 Å². The number of hydrazine groups is 1. The molecule has 2 rings (SSSR count). The predicted octanol–water partition coefficient (Wildman–Crippen LogP) is 2.71. The molecule has 0 fully saturated rings. The molecule has 0 radical (unpaired) electrons. The van der Waals surface area contributed by atoms with Crippen molar-refractivity contribution in [2.75, 3.05) is 0 Å². The number of nitrogens with one attached hydrogen (secondary N) is 1. The van der Waals surface area contributed by atoms with Crippen molar-refractivity contribution in [3.8, 4) is 0 Å². The molecule has 4 nitrogen and oxygen atoms in total. The van der Waals surface area contributed by atoms with E-state index in [2.05, 4.69) is 60.7 Å². The molecule has 0 aliphatic rings. The summed E-state index contributed by atoms with van der Waals surface area (Å²) < 4.78 is 0. The molecule has 0 aliphatic heterocycles. The first kappa shape index (κ1) is 15.6. The molecule has 4 heteroatoms. The fourth-order valence-corrected chi connectivity index (χ4v) is 2.54. The van der Waals surface area contributed by atoms with Gasteiger partial charge < -0.3 is 0 Å². The Bertz CT molecular complexity index is 622. The molecule has 21 heavy (non-hydrogen) atoms. The average molecular weight is 284 g/mol. The van der Waals surface area contributed by atoms with E-state index in [4.69, 9.17) is 5.84 Å². The summed E-state index contributed by atoms with van der Waals surface area (Å²) >= 11 is 0. The Balaban J connectivity index is 2.31. The highest BCUT2D eigenvalue weighted by molar-refractivity contribution is 5.32. The minimum absolute atomic E-state index is 0.0521. The van der Waals surface area contributed by atoms with Crippen LogP contribution in [-0.2, 0) is 12.8 Å². The normalized spacial score (nSPS) is 12.4. The Morgan fingerprint density at radius 3 is 2.48 bits per heavy atom. The lowest BCUT2D eigenvalue weighted by molar-refractivity contribution is 0.541. The van der Waals surface area contributed by atoms with Gasteiger partial charge in [0.2, 0.25) is 0 Å². The fourth-order valence-electron chi connectivity index (χ4n) is 2.54. The summed E-state index contributed by atoms with van der Waals surface area (Å²) in [5.74, 6) is 5.80. The van der Waals surface area contributed by atoms with Crippen LogP contribution in [0.25, 0.3) is 0 Å². The van der Waals surface area contributed by atoms with Crippen LogP contribution in [0, 0.1) is 20.8 Å². The number of aromatic nitrogens is 2. The number of hydrogen-bond donors (Lipinski definition) is 2. The molecule has 3 N–H and O–H groups in total. The second kappa shape index (κ2) is 6.78. The predicted molar refractivity (Wildman–Crippen MR) is 85.8 cm³/mol. The van der Waals surface area contributed by atoms with Crippen molar-refractivity contribution in [1.29, 1.82) is 0 Å². The van der Waals surface area contributed by atoms with E-state index in [1.54, 1.807) is 0 Å². The highest BCUT2D eigenvalue weighted by Crippen LogP contribution is 2.22. The largest absolute Gasteiger partial charge is 0.271 e. The van der Waals surface area contributed by atoms with Crippen molar-refractivity contribution < 1.29 is 0 Å². The minimum atomic E-state index is 0.0521. The number of aryl methyl sites for hydroxylation is 4. The van der Waals surface area contributed by atoms with E-state index in [9.17, 15) is 0 Å². The maximum atomic E-state index is 5.80. The van der Waals surface area contributed by atoms with Crippen molar-refractivity contribution >= 4 is 0 Å². The highest BCUT2D eigenvalue weighted by atomic mass is 15.2. The van der Waals surface area contributed by atoms with Gasteiger partial charge in [-0.2, -0.15) is 10.2 Å². The van der Waals surface area contributed by atoms with Gasteiger partial charge in [0, 0.05) is 0 Å². The molecule has 0 spiro atoms. The van der Waals surface area contributed by atoms with Crippen molar-refractivity contribution in [2.24, 2.45) is 5.84 Å². The van der Waals surface area contributed by atoms with E-state index in [0.717, 1.165) is 29.8 Å². The van der Waals surface area contributed by atoms with Crippen LogP contribution in [0.15, 0.2) is 24.3 Å². The Morgan fingerprint density at radius 1 is 1.10 bits per heavy atom. The van der Waals surface area contributed by atoms with Gasteiger partial charge in [-0.05, 0) is 61.9 Å². The van der Waals surface area contributed by atoms with Crippen LogP contribution < -0.4 is 11.3 Å². The van der Waals surface area contributed by atoms with Crippen molar-refractivity contribution in [2.45, 2.75) is 46.6 Å². The Morgan fingerprint density at radius 2 is 1.86 bits per heavy atom. The lowest BCUT2D eigenvalue weighted by Gasteiger charge is -2.19. The van der Waals surface area contributed by atoms with Gasteiger partial charge in [-0.25, -0.2) is 0 Å². The number of benzene rings is 1. The molecule has 1 heterocycles. The molecule has 0 bridgehead atoms. The van der Waals surface area contributed by atoms with Gasteiger partial charge in [0.15, 0.2) is 0 Å². The summed E-state index contributed by atoms with van der Waals surface area (Å²) in [7, 11) is 0. The van der Waals surface area contributed by atoms with Crippen LogP contribution in [0.4, 0.5) is 0 Å². The molecule has 0 saturated heterocycles. The van der Waals surface area contributed by atoms with Crippen LogP contribution in [0.1, 0.15) is 46.6 Å². The Hall–Kier alpha value is -1.78. The van der Waals surface area contributed by atoms with Crippen LogP contribution in [0.5, 0.6) is 0 Å². The molecule has 0 saturated carbocycles. The molecule has 2 aromatic rings. The fraction of sp³-hybridized carbons (Fsp3) is 0.412. The monoisotopic (exact) mass is 284 g/mol. The first-order valence-electron chi connectivity index (χ1n) is 7.40. The van der Waals surface area contributed by atoms with Crippen LogP contribution in [-0.4, -0.2) is 10.2 Å². The smallest absolute Gasteiger partial charge is 0.0676 e. The third-order valence-corrected chi connectivity index (χ3v) is 3.95. The van der Waals surface area contributed by atoms with Crippen LogP contribution >= 0.6 is 0 Å². The van der Waals surface area contributed by atoms with Crippen molar-refractivity contribution in [1.82, 2.24) is 15.6 Å². The van der Waals surface area contributed by atoms with E-state index >= 15 is 0 Å². The van der Waals surface area contributed by atoms with Gasteiger partial charge in [-0.15, -0.1) is 0 Å². The summed E-state index contributed by atoms with van der Waals surface area (Å²) in [4.78, 5) is 0. The van der Waals surface area contributed by atoms with E-state index in [-0.39, 0.29) is 6.04 Å². The molecule has 1 atom stereocenters. The van der Waals surface area contributed by atoms with Gasteiger partial charge in [-0.3, -0.25) is 11.3 Å². The van der Waals surface area contributed by atoms with Gasteiger partial charge in [0.25, 0.3) is 0 Å². The standard InChI is InChI=1S/C17H24N4/c1-5-16-15(9-13(4)20-21-16)17(19-18)10-14-7-6-11(2)12(3)8-14/h6-9,17,19H,5,10,18H2,1-4H3. The zero-order valence-electron chi connectivity index (χ0n) is 13.3. The van der Waals surface area contributed by atoms with Gasteiger partial charge in [0.1, 0.15) is 0 Å². The maximum absolute atomic E-state index is 5.80. The van der Waals surface area contributed by atoms with E-state index in [1.807, 2.05) is 6.92 Å². The topological polar surface area (TPSA) is 63.8 Å². The summed E-state index contributed by atoms with van der Waals surface area (Å²) in [6, 6.07) is 8.69. The first-order chi connectivity index (χ1) is 10.0. The molecular formula is C17H24N4. The number of hydrogen-bond acceptors (Lipinski definition) is 4. The van der Waals surface area contributed by atoms with E-state index in [0.29, 0.717) is 0 Å². The summed E-state index contributed by atoms with van der Waals surface area (Å²) in [6.07, 6.45) is 1.70. The lowest BCUT2D eigenvalue weighted by atomic mass is 9.95. The molecule has 1 unspecified atom stereocenters. The minimum Gasteiger partial charge on any atom is -0.271 e. The third-order valence-electron chi connectivity index (χ3n) is 3.95. The van der Waals surface area contributed by atoms with E-state index < -0.39 is 0 Å². The Kier molecular flexibility index (Phi) is 5.04. The Labute approximate surface area is 126 Å². The average Bonchev–Trinajstić information content (AvgIpc) is 2.48. The second-order valence-corrected chi connectivity index (χ2v) is 5.58. The molecule has 112 valence electrons. The first-order valence-corrected chi connectivity index (χ1v) is 7.40. The number of nitrogens with zero attached hydrogens (tertiary/aromatic N) is 2. The summed E-state index contributed by atoms with van der Waals surface area (Å²) in [5, 5.41) is 8.43. The molecule has 0 aliphatic carbocycles. The summed E-state index contributed by atoms with van der Waals surface area (Å²) in [6.45, 7) is 8.31. The molecular weight excluding hydrogens is 260 g/mol. The van der Waals surface area contributed by atoms with Crippen molar-refractivity contribution in [3.05, 3.63) is 57.9 Å². The molecule has 0 amide bonds. The maximum Gasteiger partial charge on any atom is 0.0676 e. The zero-order valence-corrected chi connectivity index (χ0v) is 13.3. The van der Waals surface area contributed by atoms with Gasteiger partial charge in [0.05, 0.1) is 17.4 Å². The van der Waals surface area contributed by atoms with Gasteiger partial charge in [-0.1, -0.05) is 25.1 Å². The zero-order chi connectivity index (χ0) is 15.4. The van der Waals surface area contributed by atoms with Gasteiger partial charge >= 0.3 is 0 Å². The van der Waals surface area contributed by atoms with Crippen LogP contribution in [0.2, 0.25) is 0 Å². The molecule has 1 aromatic carbocycles. The summed E-state index contributed by atoms with van der Waals surface area (Å²) in [5.41, 5.74) is 9.90.